The molecular weight excluding hydrogens is 449 g/mol. The van der Waals surface area contributed by atoms with Crippen LogP contribution in [0.15, 0.2) is 36.4 Å². The summed E-state index contributed by atoms with van der Waals surface area (Å²) in [5, 5.41) is 13.7. The number of nitro benzene ring substituents is 1. The maximum atomic E-state index is 12.8. The minimum absolute atomic E-state index is 0.0104. The van der Waals surface area contributed by atoms with Crippen LogP contribution in [0.5, 0.6) is 5.75 Å². The number of nitrogens with one attached hydrogen (secondary N) is 1. The second-order valence-corrected chi connectivity index (χ2v) is 7.53. The van der Waals surface area contributed by atoms with Gasteiger partial charge in [-0.05, 0) is 37.1 Å². The molecule has 2 aromatic carbocycles. The van der Waals surface area contributed by atoms with Crippen molar-refractivity contribution < 1.29 is 24.0 Å². The molecule has 3 rings (SSSR count). The molecule has 0 aromatic heterocycles. The number of rotatable bonds is 4. The van der Waals surface area contributed by atoms with Crippen LogP contribution in [0.4, 0.5) is 16.2 Å². The quantitative estimate of drug-likeness (QED) is 0.512. The first kappa shape index (κ1) is 22.8. The van der Waals surface area contributed by atoms with E-state index >= 15 is 0 Å². The SMILES string of the molecule is O=C(Nc1ccc([N+](=O)[O-])cc1Cl)c1cc(Cl)ccc1OC(=O)N1CCCCOCC1. The van der Waals surface area contributed by atoms with Crippen LogP contribution in [0.25, 0.3) is 0 Å². The van der Waals surface area contributed by atoms with E-state index in [4.69, 9.17) is 32.7 Å². The van der Waals surface area contributed by atoms with Crippen LogP contribution in [0, 0.1) is 10.1 Å². The molecule has 0 unspecified atom stereocenters. The number of benzene rings is 2. The van der Waals surface area contributed by atoms with E-state index in [0.29, 0.717) is 26.3 Å². The number of halogens is 2. The topological polar surface area (TPSA) is 111 Å². The van der Waals surface area contributed by atoms with Crippen LogP contribution in [0.2, 0.25) is 10.0 Å². The molecule has 0 spiro atoms. The first-order valence-corrected chi connectivity index (χ1v) is 10.2. The largest absolute Gasteiger partial charge is 0.415 e. The third-order valence-corrected chi connectivity index (χ3v) is 5.07. The van der Waals surface area contributed by atoms with Crippen molar-refractivity contribution in [2.24, 2.45) is 0 Å². The summed E-state index contributed by atoms with van der Waals surface area (Å²) >= 11 is 12.1. The molecule has 2 amide bonds. The molecule has 0 bridgehead atoms. The van der Waals surface area contributed by atoms with E-state index in [-0.39, 0.29) is 32.7 Å². The lowest BCUT2D eigenvalue weighted by Crippen LogP contribution is -2.38. The molecule has 11 heteroatoms. The third-order valence-electron chi connectivity index (χ3n) is 4.53. The minimum atomic E-state index is -0.642. The minimum Gasteiger partial charge on any atom is -0.409 e. The van der Waals surface area contributed by atoms with E-state index in [1.54, 1.807) is 0 Å². The number of amides is 2. The molecule has 1 fully saturated rings. The Labute approximate surface area is 188 Å². The second kappa shape index (κ2) is 10.4. The Morgan fingerprint density at radius 3 is 2.65 bits per heavy atom. The number of ether oxygens (including phenoxy) is 2. The fourth-order valence-corrected chi connectivity index (χ4v) is 3.31. The summed E-state index contributed by atoms with van der Waals surface area (Å²) < 4.78 is 10.9. The van der Waals surface area contributed by atoms with Gasteiger partial charge >= 0.3 is 6.09 Å². The summed E-state index contributed by atoms with van der Waals surface area (Å²) in [5.74, 6) is -0.620. The third kappa shape index (κ3) is 6.06. The van der Waals surface area contributed by atoms with Crippen LogP contribution in [-0.2, 0) is 4.74 Å². The highest BCUT2D eigenvalue weighted by atomic mass is 35.5. The highest BCUT2D eigenvalue weighted by Gasteiger charge is 2.22. The molecule has 0 radical (unpaired) electrons. The number of hydrogen-bond donors (Lipinski definition) is 1. The van der Waals surface area contributed by atoms with Crippen LogP contribution in [0.3, 0.4) is 0 Å². The highest BCUT2D eigenvalue weighted by Crippen LogP contribution is 2.29. The molecule has 31 heavy (non-hydrogen) atoms. The van der Waals surface area contributed by atoms with Crippen molar-refractivity contribution in [2.75, 3.05) is 31.6 Å². The Balaban J connectivity index is 1.78. The molecule has 1 aliphatic rings. The predicted octanol–water partition coefficient (Wildman–Crippen LogP) is 4.77. The fraction of sp³-hybridized carbons (Fsp3) is 0.300. The zero-order chi connectivity index (χ0) is 22.4. The van der Waals surface area contributed by atoms with Gasteiger partial charge in [0.15, 0.2) is 0 Å². The standard InChI is InChI=1S/C20H19Cl2N3O6/c21-13-3-6-18(31-20(27)24-7-1-2-9-30-10-8-24)15(11-13)19(26)23-17-5-4-14(25(28)29)12-16(17)22/h3-6,11-12H,1-2,7-10H2,(H,23,26). The number of hydrogen-bond acceptors (Lipinski definition) is 6. The molecule has 164 valence electrons. The van der Waals surface area contributed by atoms with E-state index in [1.165, 1.54) is 35.2 Å². The van der Waals surface area contributed by atoms with Gasteiger partial charge in [0.05, 0.1) is 27.8 Å². The van der Waals surface area contributed by atoms with Gasteiger partial charge in [0, 0.05) is 36.9 Å². The highest BCUT2D eigenvalue weighted by molar-refractivity contribution is 6.34. The number of carbonyl (C=O) groups is 2. The Morgan fingerprint density at radius 1 is 1.10 bits per heavy atom. The Hall–Kier alpha value is -2.88. The van der Waals surface area contributed by atoms with E-state index in [2.05, 4.69) is 5.32 Å². The van der Waals surface area contributed by atoms with Gasteiger partial charge in [0.1, 0.15) is 5.75 Å². The first-order chi connectivity index (χ1) is 14.8. The van der Waals surface area contributed by atoms with Crippen molar-refractivity contribution in [3.05, 3.63) is 62.1 Å². The number of carbonyl (C=O) groups excluding carboxylic acids is 2. The first-order valence-electron chi connectivity index (χ1n) is 9.44. The average Bonchev–Trinajstić information content (AvgIpc) is 2.70. The maximum absolute atomic E-state index is 12.8. The number of non-ortho nitro benzene ring substituents is 1. The van der Waals surface area contributed by atoms with Crippen LogP contribution < -0.4 is 10.1 Å². The van der Waals surface area contributed by atoms with Crippen LogP contribution in [0.1, 0.15) is 23.2 Å². The summed E-state index contributed by atoms with van der Waals surface area (Å²) in [6.45, 7) is 1.97. The van der Waals surface area contributed by atoms with E-state index in [1.807, 2.05) is 0 Å². The summed E-state index contributed by atoms with van der Waals surface area (Å²) in [6.07, 6.45) is 1.02. The number of anilines is 1. The van der Waals surface area contributed by atoms with Gasteiger partial charge in [0.25, 0.3) is 11.6 Å². The maximum Gasteiger partial charge on any atom is 0.415 e. The van der Waals surface area contributed by atoms with Crippen LogP contribution in [-0.4, -0.2) is 48.1 Å². The van der Waals surface area contributed by atoms with Crippen molar-refractivity contribution in [3.8, 4) is 5.75 Å². The van der Waals surface area contributed by atoms with Gasteiger partial charge in [0.2, 0.25) is 0 Å². The van der Waals surface area contributed by atoms with E-state index in [0.717, 1.165) is 18.9 Å². The molecule has 2 aromatic rings. The normalized spacial score (nSPS) is 14.3. The molecule has 0 saturated carbocycles. The van der Waals surface area contributed by atoms with Gasteiger partial charge < -0.3 is 19.7 Å². The molecule has 1 aliphatic heterocycles. The Kier molecular flexibility index (Phi) is 7.67. The van der Waals surface area contributed by atoms with Gasteiger partial charge in [-0.2, -0.15) is 0 Å². The van der Waals surface area contributed by atoms with Gasteiger partial charge in [-0.15, -0.1) is 0 Å². The molecule has 0 aliphatic carbocycles. The fourth-order valence-electron chi connectivity index (χ4n) is 2.91. The average molecular weight is 468 g/mol. The smallest absolute Gasteiger partial charge is 0.409 e. The monoisotopic (exact) mass is 467 g/mol. The molecule has 1 N–H and O–H groups in total. The van der Waals surface area contributed by atoms with Gasteiger partial charge in [-0.1, -0.05) is 23.2 Å². The summed E-state index contributed by atoms with van der Waals surface area (Å²) in [6, 6.07) is 7.93. The summed E-state index contributed by atoms with van der Waals surface area (Å²) in [5.41, 5.74) is -0.0356. The number of nitrogens with zero attached hydrogens (tertiary/aromatic N) is 2. The van der Waals surface area contributed by atoms with Crippen molar-refractivity contribution in [1.82, 2.24) is 4.90 Å². The van der Waals surface area contributed by atoms with Crippen molar-refractivity contribution >= 4 is 46.6 Å². The van der Waals surface area contributed by atoms with Gasteiger partial charge in [-0.25, -0.2) is 4.79 Å². The molecule has 1 saturated heterocycles. The lowest BCUT2D eigenvalue weighted by atomic mass is 10.1. The zero-order valence-electron chi connectivity index (χ0n) is 16.3. The van der Waals surface area contributed by atoms with Crippen molar-refractivity contribution in [3.63, 3.8) is 0 Å². The van der Waals surface area contributed by atoms with Crippen LogP contribution >= 0.6 is 23.2 Å². The van der Waals surface area contributed by atoms with Crippen molar-refractivity contribution in [1.29, 1.82) is 0 Å². The predicted molar refractivity (Wildman–Crippen MR) is 115 cm³/mol. The van der Waals surface area contributed by atoms with E-state index in [9.17, 15) is 19.7 Å². The summed E-state index contributed by atoms with van der Waals surface area (Å²) in [7, 11) is 0. The zero-order valence-corrected chi connectivity index (χ0v) is 17.8. The van der Waals surface area contributed by atoms with Crippen molar-refractivity contribution in [2.45, 2.75) is 12.8 Å². The molecule has 0 atom stereocenters. The Morgan fingerprint density at radius 2 is 1.90 bits per heavy atom. The lowest BCUT2D eigenvalue weighted by molar-refractivity contribution is -0.384. The molecular formula is C20H19Cl2N3O6. The Bertz CT molecular complexity index is 993. The van der Waals surface area contributed by atoms with E-state index < -0.39 is 16.9 Å². The molecule has 9 nitrogen and oxygen atoms in total. The second-order valence-electron chi connectivity index (χ2n) is 6.69. The molecule has 1 heterocycles. The summed E-state index contributed by atoms with van der Waals surface area (Å²) in [4.78, 5) is 37.2. The lowest BCUT2D eigenvalue weighted by Gasteiger charge is -2.24. The number of nitro groups is 1. The van der Waals surface area contributed by atoms with Gasteiger partial charge in [-0.3, -0.25) is 14.9 Å².